The number of amides is 1. The number of aliphatic hydroxyl groups is 1. The van der Waals surface area contributed by atoms with Gasteiger partial charge in [-0.25, -0.2) is 4.98 Å². The Bertz CT molecular complexity index is 1650. The van der Waals surface area contributed by atoms with Gasteiger partial charge in [-0.2, -0.15) is 0 Å². The Morgan fingerprint density at radius 3 is 2.62 bits per heavy atom. The summed E-state index contributed by atoms with van der Waals surface area (Å²) in [5, 5.41) is 12.4. The van der Waals surface area contributed by atoms with Gasteiger partial charge in [-0.15, -0.1) is 0 Å². The van der Waals surface area contributed by atoms with Crippen LogP contribution in [0.5, 0.6) is 17.2 Å². The minimum absolute atomic E-state index is 0.0429. The number of halogens is 1. The summed E-state index contributed by atoms with van der Waals surface area (Å²) in [6.45, 7) is 3.48. The summed E-state index contributed by atoms with van der Waals surface area (Å²) in [5.41, 5.74) is 1.57. The number of hydrogen-bond donors (Lipinski definition) is 1. The molecule has 1 N–H and O–H groups in total. The quantitative estimate of drug-likeness (QED) is 0.116. The van der Waals surface area contributed by atoms with Crippen LogP contribution >= 0.6 is 22.9 Å². The van der Waals surface area contributed by atoms with Crippen LogP contribution in [0, 0.1) is 0 Å². The first kappa shape index (κ1) is 26.2. The zero-order chi connectivity index (χ0) is 27.8. The highest BCUT2D eigenvalue weighted by atomic mass is 35.5. The molecule has 4 aromatic rings. The molecule has 1 saturated heterocycles. The maximum absolute atomic E-state index is 13.6. The third kappa shape index (κ3) is 4.76. The average molecular weight is 577 g/mol. The van der Waals surface area contributed by atoms with Crippen LogP contribution in [0.15, 0.2) is 66.2 Å². The minimum atomic E-state index is -0.922. The molecule has 0 bridgehead atoms. The molecule has 3 heterocycles. The largest absolute Gasteiger partial charge is 0.507 e. The van der Waals surface area contributed by atoms with E-state index in [-0.39, 0.29) is 11.3 Å². The highest BCUT2D eigenvalue weighted by molar-refractivity contribution is 7.22. The molecule has 1 aromatic heterocycles. The Kier molecular flexibility index (Phi) is 7.08. The van der Waals surface area contributed by atoms with Crippen molar-refractivity contribution in [3.8, 4) is 17.2 Å². The number of aliphatic hydroxyl groups excluding tert-OH is 1. The highest BCUT2D eigenvalue weighted by Gasteiger charge is 2.48. The number of Topliss-reactive ketones (excluding diaryl/α,β-unsaturated/α-hetero) is 1. The highest BCUT2D eigenvalue weighted by Crippen LogP contribution is 2.45. The topological polar surface area (TPSA) is 98.2 Å². The first-order valence-electron chi connectivity index (χ1n) is 12.9. The van der Waals surface area contributed by atoms with Gasteiger partial charge in [0.1, 0.15) is 24.7 Å². The van der Waals surface area contributed by atoms with Gasteiger partial charge in [0.25, 0.3) is 5.78 Å². The van der Waals surface area contributed by atoms with Crippen LogP contribution in [-0.4, -0.2) is 41.6 Å². The Morgan fingerprint density at radius 2 is 1.85 bits per heavy atom. The van der Waals surface area contributed by atoms with Crippen molar-refractivity contribution in [1.29, 1.82) is 0 Å². The number of nitrogens with zero attached hydrogens (tertiary/aromatic N) is 2. The van der Waals surface area contributed by atoms with Gasteiger partial charge in [0, 0.05) is 10.6 Å². The van der Waals surface area contributed by atoms with E-state index in [2.05, 4.69) is 11.9 Å². The molecule has 2 aliphatic heterocycles. The van der Waals surface area contributed by atoms with E-state index >= 15 is 0 Å². The number of ketones is 1. The van der Waals surface area contributed by atoms with Gasteiger partial charge in [-0.1, -0.05) is 48.4 Å². The van der Waals surface area contributed by atoms with Gasteiger partial charge in [0.2, 0.25) is 0 Å². The van der Waals surface area contributed by atoms with E-state index in [1.54, 1.807) is 60.7 Å². The van der Waals surface area contributed by atoms with Gasteiger partial charge in [-0.05, 0) is 60.5 Å². The predicted molar refractivity (Wildman–Crippen MR) is 154 cm³/mol. The molecule has 0 saturated carbocycles. The first-order chi connectivity index (χ1) is 19.4. The Hall–Kier alpha value is -4.08. The van der Waals surface area contributed by atoms with E-state index in [9.17, 15) is 14.7 Å². The van der Waals surface area contributed by atoms with Crippen LogP contribution in [0.1, 0.15) is 36.9 Å². The molecule has 2 aliphatic rings. The minimum Gasteiger partial charge on any atom is -0.507 e. The molecule has 1 amide bonds. The van der Waals surface area contributed by atoms with E-state index in [1.807, 2.05) is 0 Å². The second-order valence-corrected chi connectivity index (χ2v) is 10.9. The summed E-state index contributed by atoms with van der Waals surface area (Å²) in [4.78, 5) is 33.1. The molecule has 204 valence electrons. The molecule has 0 spiro atoms. The first-order valence-corrected chi connectivity index (χ1v) is 14.1. The lowest BCUT2D eigenvalue weighted by molar-refractivity contribution is -0.132. The van der Waals surface area contributed by atoms with Crippen LogP contribution in [0.3, 0.4) is 0 Å². The second-order valence-electron chi connectivity index (χ2n) is 9.41. The van der Waals surface area contributed by atoms with E-state index in [0.717, 1.165) is 17.5 Å². The van der Waals surface area contributed by atoms with Gasteiger partial charge in [0.05, 0.1) is 28.4 Å². The number of unbranched alkanes of at least 4 members (excludes halogenated alkanes) is 1. The van der Waals surface area contributed by atoms with Crippen LogP contribution in [-0.2, 0) is 9.59 Å². The number of anilines is 1. The number of aromatic nitrogens is 1. The third-order valence-electron chi connectivity index (χ3n) is 6.77. The lowest BCUT2D eigenvalue weighted by atomic mass is 9.95. The predicted octanol–water partition coefficient (Wildman–Crippen LogP) is 6.53. The second kappa shape index (κ2) is 10.8. The summed E-state index contributed by atoms with van der Waals surface area (Å²) in [6, 6.07) is 16.4. The normalized spacial score (nSPS) is 17.9. The zero-order valence-corrected chi connectivity index (χ0v) is 23.1. The van der Waals surface area contributed by atoms with Crippen LogP contribution < -0.4 is 19.1 Å². The summed E-state index contributed by atoms with van der Waals surface area (Å²) < 4.78 is 17.8. The summed E-state index contributed by atoms with van der Waals surface area (Å²) >= 11 is 7.43. The van der Waals surface area contributed by atoms with Crippen molar-refractivity contribution in [2.75, 3.05) is 24.7 Å². The van der Waals surface area contributed by atoms with E-state index in [4.69, 9.17) is 25.8 Å². The fourth-order valence-corrected chi connectivity index (χ4v) is 6.03. The van der Waals surface area contributed by atoms with Gasteiger partial charge in [0.15, 0.2) is 16.6 Å². The number of thiazole rings is 1. The maximum atomic E-state index is 13.6. The van der Waals surface area contributed by atoms with Crippen LogP contribution in [0.2, 0.25) is 5.02 Å². The maximum Gasteiger partial charge on any atom is 0.301 e. The third-order valence-corrected chi connectivity index (χ3v) is 8.02. The van der Waals surface area contributed by atoms with Crippen molar-refractivity contribution in [2.24, 2.45) is 0 Å². The molecule has 6 rings (SSSR count). The molecule has 8 nitrogen and oxygen atoms in total. The number of hydrogen-bond acceptors (Lipinski definition) is 8. The van der Waals surface area contributed by atoms with Crippen molar-refractivity contribution < 1.29 is 28.9 Å². The van der Waals surface area contributed by atoms with Crippen molar-refractivity contribution >= 4 is 55.7 Å². The molecule has 0 radical (unpaired) electrons. The summed E-state index contributed by atoms with van der Waals surface area (Å²) in [7, 11) is 0. The number of fused-ring (bicyclic) bond motifs is 2. The lowest BCUT2D eigenvalue weighted by Crippen LogP contribution is -2.29. The van der Waals surface area contributed by atoms with Crippen molar-refractivity contribution in [3.63, 3.8) is 0 Å². The van der Waals surface area contributed by atoms with E-state index < -0.39 is 17.7 Å². The molecule has 3 aromatic carbocycles. The van der Waals surface area contributed by atoms with Crippen molar-refractivity contribution in [2.45, 2.75) is 25.8 Å². The van der Waals surface area contributed by atoms with Crippen molar-refractivity contribution in [3.05, 3.63) is 82.4 Å². The molecule has 1 fully saturated rings. The Balaban J connectivity index is 1.47. The SMILES string of the molecule is CCCCOc1ccc([C@@H]2C(=C(O)c3ccc4c(c3)OCCO4)C(=O)C(=O)N2c2nc3ccc(Cl)cc3s2)cc1. The van der Waals surface area contributed by atoms with E-state index in [0.29, 0.717) is 63.9 Å². The van der Waals surface area contributed by atoms with Gasteiger partial charge >= 0.3 is 5.91 Å². The molecule has 0 aliphatic carbocycles. The fraction of sp³-hybridized carbons (Fsp3) is 0.233. The molecular formula is C30H25ClN2O6S. The molecule has 1 atom stereocenters. The number of ether oxygens (including phenoxy) is 3. The Labute approximate surface area is 239 Å². The molecule has 40 heavy (non-hydrogen) atoms. The van der Waals surface area contributed by atoms with Crippen LogP contribution in [0.25, 0.3) is 16.0 Å². The number of benzene rings is 3. The summed E-state index contributed by atoms with van der Waals surface area (Å²) in [6.07, 6.45) is 1.94. The zero-order valence-electron chi connectivity index (χ0n) is 21.6. The summed E-state index contributed by atoms with van der Waals surface area (Å²) in [5.74, 6) is -0.217. The lowest BCUT2D eigenvalue weighted by Gasteiger charge is -2.23. The fourth-order valence-electron chi connectivity index (χ4n) is 4.76. The standard InChI is InChI=1S/C30H25ClN2O6S/c1-2-3-12-37-20-8-4-17(5-9-20)26-25(27(34)18-6-11-22-23(15-18)39-14-13-38-22)28(35)29(36)33(26)30-32-21-10-7-19(31)16-24(21)40-30/h4-11,15-16,26,34H,2-3,12-14H2,1H3/t26-/m1/s1. The van der Waals surface area contributed by atoms with Gasteiger partial charge in [-0.3, -0.25) is 14.5 Å². The van der Waals surface area contributed by atoms with Crippen molar-refractivity contribution in [1.82, 2.24) is 4.98 Å². The average Bonchev–Trinajstić information content (AvgIpc) is 3.50. The van der Waals surface area contributed by atoms with Gasteiger partial charge < -0.3 is 19.3 Å². The molecular weight excluding hydrogens is 552 g/mol. The smallest absolute Gasteiger partial charge is 0.301 e. The monoisotopic (exact) mass is 576 g/mol. The molecule has 10 heteroatoms. The number of rotatable bonds is 7. The number of carbonyl (C=O) groups is 2. The number of carbonyl (C=O) groups excluding carboxylic acids is 2. The van der Waals surface area contributed by atoms with Crippen LogP contribution in [0.4, 0.5) is 5.13 Å². The molecule has 0 unspecified atom stereocenters. The van der Waals surface area contributed by atoms with E-state index in [1.165, 1.54) is 16.2 Å². The Morgan fingerprint density at radius 1 is 1.07 bits per heavy atom.